The van der Waals surface area contributed by atoms with Gasteiger partial charge in [-0.25, -0.2) is 0 Å². The molecule has 0 amide bonds. The first-order valence-corrected chi connectivity index (χ1v) is 22.7. The first-order chi connectivity index (χ1) is 29.8. The largest absolute Gasteiger partial charge is 0.310 e. The number of para-hydroxylation sites is 1. The van der Waals surface area contributed by atoms with E-state index in [4.69, 9.17) is 0 Å². The summed E-state index contributed by atoms with van der Waals surface area (Å²) in [6.07, 6.45) is 0. The predicted molar refractivity (Wildman–Crippen MR) is 259 cm³/mol. The van der Waals surface area contributed by atoms with Gasteiger partial charge in [0.05, 0.1) is 0 Å². The molecule has 0 aromatic heterocycles. The molecular weight excluding hydrogens is 739 g/mol. The Morgan fingerprint density at radius 3 is 1.25 bits per heavy atom. The van der Waals surface area contributed by atoms with Crippen molar-refractivity contribution in [3.8, 4) is 33.4 Å². The molecule has 0 aliphatic rings. The SMILES string of the molecule is c1ccc(-c2cccc3cccc(-c4cccc(N(c5ccccc5)c5ccc(-c6cccc([Si](c7ccccc7)(c7ccccc7)c7ccccc7)c6)cc5)c4)c23)cc1. The molecule has 10 aromatic carbocycles. The van der Waals surface area contributed by atoms with Gasteiger partial charge in [-0.2, -0.15) is 0 Å². The van der Waals surface area contributed by atoms with Gasteiger partial charge in [0, 0.05) is 17.1 Å². The molecule has 0 fully saturated rings. The van der Waals surface area contributed by atoms with Crippen molar-refractivity contribution in [2.24, 2.45) is 0 Å². The first-order valence-electron chi connectivity index (χ1n) is 20.7. The quantitative estimate of drug-likeness (QED) is 0.0987. The maximum absolute atomic E-state index is 2.66. The summed E-state index contributed by atoms with van der Waals surface area (Å²) in [6, 6.07) is 95.5. The van der Waals surface area contributed by atoms with Crippen molar-refractivity contribution in [2.45, 2.75) is 0 Å². The fraction of sp³-hybridized carbons (Fsp3) is 0. The van der Waals surface area contributed by atoms with Crippen molar-refractivity contribution in [3.05, 3.63) is 261 Å². The Balaban J connectivity index is 1.07. The molecule has 0 saturated heterocycles. The van der Waals surface area contributed by atoms with Crippen LogP contribution in [0.5, 0.6) is 0 Å². The van der Waals surface area contributed by atoms with E-state index >= 15 is 0 Å². The second-order valence-corrected chi connectivity index (χ2v) is 19.1. The van der Waals surface area contributed by atoms with Gasteiger partial charge >= 0.3 is 0 Å². The zero-order valence-corrected chi connectivity index (χ0v) is 34.3. The summed E-state index contributed by atoms with van der Waals surface area (Å²) >= 11 is 0. The number of benzene rings is 10. The standard InChI is InChI=1S/C58H43NSi/c1-6-20-45(21-7-1)56-36-18-22-46-23-19-37-57(58(46)56)48-25-16-28-51(42-48)59(49-26-8-2-9-27-49)50-40-38-44(39-41-50)47-24-17-35-55(43-47)60(52-29-10-3-11-30-52,53-31-12-4-13-32-53)54-33-14-5-15-34-54/h1-43H. The predicted octanol–water partition coefficient (Wildman–Crippen LogP) is 12.7. The fourth-order valence-electron chi connectivity index (χ4n) is 9.08. The van der Waals surface area contributed by atoms with E-state index in [2.05, 4.69) is 266 Å². The van der Waals surface area contributed by atoms with Gasteiger partial charge in [-0.1, -0.05) is 224 Å². The summed E-state index contributed by atoms with van der Waals surface area (Å²) in [5, 5.41) is 7.97. The lowest BCUT2D eigenvalue weighted by atomic mass is 9.91. The third kappa shape index (κ3) is 6.83. The summed E-state index contributed by atoms with van der Waals surface area (Å²) in [5.74, 6) is 0. The topological polar surface area (TPSA) is 3.24 Å². The van der Waals surface area contributed by atoms with Crippen molar-refractivity contribution in [1.82, 2.24) is 0 Å². The zero-order valence-electron chi connectivity index (χ0n) is 33.3. The van der Waals surface area contributed by atoms with Gasteiger partial charge in [0.2, 0.25) is 0 Å². The van der Waals surface area contributed by atoms with Gasteiger partial charge in [-0.3, -0.25) is 0 Å². The van der Waals surface area contributed by atoms with Crippen LogP contribution < -0.4 is 25.6 Å². The monoisotopic (exact) mass is 781 g/mol. The van der Waals surface area contributed by atoms with E-state index in [1.165, 1.54) is 64.9 Å². The summed E-state index contributed by atoms with van der Waals surface area (Å²) in [6.45, 7) is 0. The fourth-order valence-corrected chi connectivity index (χ4v) is 13.9. The number of hydrogen-bond acceptors (Lipinski definition) is 1. The molecule has 60 heavy (non-hydrogen) atoms. The highest BCUT2D eigenvalue weighted by Gasteiger charge is 2.41. The molecule has 0 spiro atoms. The molecule has 0 aliphatic carbocycles. The maximum Gasteiger partial charge on any atom is 0.179 e. The lowest BCUT2D eigenvalue weighted by molar-refractivity contribution is 1.28. The minimum absolute atomic E-state index is 1.10. The van der Waals surface area contributed by atoms with Crippen LogP contribution in [-0.2, 0) is 0 Å². The third-order valence-corrected chi connectivity index (χ3v) is 16.6. The highest BCUT2D eigenvalue weighted by Crippen LogP contribution is 2.40. The number of hydrogen-bond donors (Lipinski definition) is 0. The highest BCUT2D eigenvalue weighted by atomic mass is 28.3. The van der Waals surface area contributed by atoms with E-state index in [1.54, 1.807) is 0 Å². The van der Waals surface area contributed by atoms with E-state index in [9.17, 15) is 0 Å². The van der Waals surface area contributed by atoms with Crippen molar-refractivity contribution in [1.29, 1.82) is 0 Å². The van der Waals surface area contributed by atoms with Crippen LogP contribution in [0.3, 0.4) is 0 Å². The summed E-state index contributed by atoms with van der Waals surface area (Å²) in [4.78, 5) is 2.37. The molecule has 10 aromatic rings. The van der Waals surface area contributed by atoms with Crippen LogP contribution >= 0.6 is 0 Å². The number of anilines is 3. The van der Waals surface area contributed by atoms with Crippen LogP contribution in [0.4, 0.5) is 17.1 Å². The molecule has 0 N–H and O–H groups in total. The maximum atomic E-state index is 2.44. The van der Waals surface area contributed by atoms with E-state index in [1.807, 2.05) is 0 Å². The van der Waals surface area contributed by atoms with E-state index in [0.29, 0.717) is 0 Å². The number of rotatable bonds is 10. The molecule has 1 nitrogen and oxygen atoms in total. The van der Waals surface area contributed by atoms with Gasteiger partial charge in [0.1, 0.15) is 0 Å². The molecule has 0 heterocycles. The molecule has 10 rings (SSSR count). The molecule has 0 radical (unpaired) electrons. The van der Waals surface area contributed by atoms with Gasteiger partial charge in [0.25, 0.3) is 0 Å². The Labute approximate surface area is 354 Å². The Hall–Kier alpha value is -7.52. The second kappa shape index (κ2) is 16.4. The zero-order chi connectivity index (χ0) is 40.1. The Morgan fingerprint density at radius 2 is 0.667 bits per heavy atom. The van der Waals surface area contributed by atoms with Crippen LogP contribution in [0.25, 0.3) is 44.2 Å². The molecule has 0 saturated carbocycles. The molecule has 0 aliphatic heterocycles. The second-order valence-electron chi connectivity index (χ2n) is 15.3. The normalized spacial score (nSPS) is 11.3. The summed E-state index contributed by atoms with van der Waals surface area (Å²) in [5.41, 5.74) is 10.6. The molecule has 0 unspecified atom stereocenters. The molecule has 284 valence electrons. The van der Waals surface area contributed by atoms with E-state index in [0.717, 1.165) is 17.1 Å². The lowest BCUT2D eigenvalue weighted by Crippen LogP contribution is -2.74. The molecule has 0 atom stereocenters. The first kappa shape index (κ1) is 36.8. The van der Waals surface area contributed by atoms with Crippen molar-refractivity contribution in [3.63, 3.8) is 0 Å². The Kier molecular flexibility index (Phi) is 10.0. The Morgan fingerprint density at radius 1 is 0.250 bits per heavy atom. The Bertz CT molecular complexity index is 2900. The van der Waals surface area contributed by atoms with Crippen LogP contribution in [0.1, 0.15) is 0 Å². The van der Waals surface area contributed by atoms with E-state index < -0.39 is 8.07 Å². The lowest BCUT2D eigenvalue weighted by Gasteiger charge is -2.34. The molecular formula is C58H43NSi. The van der Waals surface area contributed by atoms with Gasteiger partial charge in [-0.15, -0.1) is 0 Å². The molecule has 0 bridgehead atoms. The third-order valence-electron chi connectivity index (χ3n) is 11.8. The van der Waals surface area contributed by atoms with Crippen molar-refractivity contribution >= 4 is 56.7 Å². The van der Waals surface area contributed by atoms with Crippen LogP contribution in [0.2, 0.25) is 0 Å². The van der Waals surface area contributed by atoms with Crippen LogP contribution in [-0.4, -0.2) is 8.07 Å². The average Bonchev–Trinajstić information content (AvgIpc) is 3.34. The number of fused-ring (bicyclic) bond motifs is 1. The minimum atomic E-state index is -2.66. The van der Waals surface area contributed by atoms with Crippen molar-refractivity contribution < 1.29 is 0 Å². The van der Waals surface area contributed by atoms with Crippen LogP contribution in [0, 0.1) is 0 Å². The highest BCUT2D eigenvalue weighted by molar-refractivity contribution is 7.19. The van der Waals surface area contributed by atoms with Gasteiger partial charge in [-0.05, 0) is 101 Å². The average molecular weight is 782 g/mol. The smallest absolute Gasteiger partial charge is 0.179 e. The van der Waals surface area contributed by atoms with Crippen molar-refractivity contribution in [2.75, 3.05) is 4.90 Å². The summed E-state index contributed by atoms with van der Waals surface area (Å²) in [7, 11) is -2.66. The number of nitrogens with zero attached hydrogens (tertiary/aromatic N) is 1. The van der Waals surface area contributed by atoms with Gasteiger partial charge < -0.3 is 4.90 Å². The minimum Gasteiger partial charge on any atom is -0.310 e. The van der Waals surface area contributed by atoms with Crippen LogP contribution in [0.15, 0.2) is 261 Å². The molecule has 2 heteroatoms. The van der Waals surface area contributed by atoms with E-state index in [-0.39, 0.29) is 0 Å². The summed E-state index contributed by atoms with van der Waals surface area (Å²) < 4.78 is 0. The van der Waals surface area contributed by atoms with Gasteiger partial charge in [0.15, 0.2) is 8.07 Å².